The first-order valence-electron chi connectivity index (χ1n) is 5.74. The summed E-state index contributed by atoms with van der Waals surface area (Å²) in [6.45, 7) is 2.10. The number of pyridine rings is 1. The zero-order valence-corrected chi connectivity index (χ0v) is 9.66. The fraction of sp³-hybridized carbons (Fsp3) is 0.357. The quantitative estimate of drug-likeness (QED) is 0.762. The van der Waals surface area contributed by atoms with E-state index in [0.29, 0.717) is 0 Å². The third-order valence-corrected chi connectivity index (χ3v) is 3.28. The number of methoxy groups -OCH3 is 1. The fourth-order valence-corrected chi connectivity index (χ4v) is 2.25. The lowest BCUT2D eigenvalue weighted by molar-refractivity contribution is 0.419. The third kappa shape index (κ3) is 1.45. The van der Waals surface area contributed by atoms with Crippen molar-refractivity contribution in [3.63, 3.8) is 0 Å². The van der Waals surface area contributed by atoms with Crippen molar-refractivity contribution < 1.29 is 4.74 Å². The molecule has 1 saturated carbocycles. The predicted octanol–water partition coefficient (Wildman–Crippen LogP) is 3.43. The maximum atomic E-state index is 5.34. The summed E-state index contributed by atoms with van der Waals surface area (Å²) >= 11 is 0. The minimum Gasteiger partial charge on any atom is -0.494 e. The van der Waals surface area contributed by atoms with Crippen LogP contribution in [0, 0.1) is 6.92 Å². The molecule has 1 aromatic heterocycles. The summed E-state index contributed by atoms with van der Waals surface area (Å²) in [5.74, 6) is 1.62. The summed E-state index contributed by atoms with van der Waals surface area (Å²) in [4.78, 5) is 4.68. The summed E-state index contributed by atoms with van der Waals surface area (Å²) in [6, 6.07) is 8.37. The molecule has 1 aliphatic carbocycles. The van der Waals surface area contributed by atoms with Gasteiger partial charge in [0.05, 0.1) is 7.11 Å². The van der Waals surface area contributed by atoms with Gasteiger partial charge in [0.1, 0.15) is 11.3 Å². The Bertz CT molecular complexity index is 544. The number of aryl methyl sites for hydroxylation is 1. The second-order valence-corrected chi connectivity index (χ2v) is 4.47. The highest BCUT2D eigenvalue weighted by atomic mass is 16.5. The Kier molecular flexibility index (Phi) is 2.10. The van der Waals surface area contributed by atoms with E-state index >= 15 is 0 Å². The van der Waals surface area contributed by atoms with Crippen LogP contribution in [0.5, 0.6) is 5.75 Å². The van der Waals surface area contributed by atoms with Crippen LogP contribution in [0.1, 0.15) is 30.0 Å². The number of aromatic nitrogens is 1. The molecular weight excluding hydrogens is 198 g/mol. The molecule has 16 heavy (non-hydrogen) atoms. The molecule has 1 aliphatic rings. The maximum Gasteiger partial charge on any atom is 0.145 e. The molecule has 2 nitrogen and oxygen atoms in total. The van der Waals surface area contributed by atoms with Crippen molar-refractivity contribution in [3.8, 4) is 5.75 Å². The summed E-state index contributed by atoms with van der Waals surface area (Å²) in [7, 11) is 1.70. The van der Waals surface area contributed by atoms with Gasteiger partial charge in [-0.2, -0.15) is 0 Å². The van der Waals surface area contributed by atoms with Crippen LogP contribution in [0.25, 0.3) is 10.9 Å². The number of nitrogens with zero attached hydrogens (tertiary/aromatic N) is 1. The standard InChI is InChI=1S/C14H15NO/c1-9-12(10-6-7-10)8-11-4-3-5-13(16-2)14(11)15-9/h3-5,8,10H,6-7H2,1-2H3. The molecule has 0 atom stereocenters. The van der Waals surface area contributed by atoms with Crippen LogP contribution in [0.3, 0.4) is 0 Å². The summed E-state index contributed by atoms with van der Waals surface area (Å²) in [6.07, 6.45) is 2.63. The van der Waals surface area contributed by atoms with E-state index in [4.69, 9.17) is 4.74 Å². The highest BCUT2D eigenvalue weighted by Crippen LogP contribution is 2.42. The van der Waals surface area contributed by atoms with E-state index in [1.54, 1.807) is 7.11 Å². The highest BCUT2D eigenvalue weighted by molar-refractivity contribution is 5.85. The third-order valence-electron chi connectivity index (χ3n) is 3.28. The molecule has 1 heterocycles. The van der Waals surface area contributed by atoms with E-state index in [9.17, 15) is 0 Å². The number of benzene rings is 1. The van der Waals surface area contributed by atoms with E-state index in [-0.39, 0.29) is 0 Å². The molecule has 0 amide bonds. The smallest absolute Gasteiger partial charge is 0.145 e. The van der Waals surface area contributed by atoms with Crippen molar-refractivity contribution in [2.75, 3.05) is 7.11 Å². The van der Waals surface area contributed by atoms with Gasteiger partial charge >= 0.3 is 0 Å². The molecule has 0 spiro atoms. The molecule has 3 rings (SSSR count). The van der Waals surface area contributed by atoms with Crippen molar-refractivity contribution >= 4 is 10.9 Å². The van der Waals surface area contributed by atoms with Crippen LogP contribution in [-0.2, 0) is 0 Å². The molecule has 2 aromatic rings. The number of para-hydroxylation sites is 1. The first-order chi connectivity index (χ1) is 7.79. The number of fused-ring (bicyclic) bond motifs is 1. The van der Waals surface area contributed by atoms with Gasteiger partial charge in [-0.25, -0.2) is 4.98 Å². The molecule has 2 heteroatoms. The Morgan fingerprint density at radius 1 is 1.31 bits per heavy atom. The first-order valence-corrected chi connectivity index (χ1v) is 5.74. The van der Waals surface area contributed by atoms with Crippen molar-refractivity contribution in [1.82, 2.24) is 4.98 Å². The Labute approximate surface area is 95.3 Å². The molecule has 1 fully saturated rings. The lowest BCUT2D eigenvalue weighted by Gasteiger charge is -2.09. The number of ether oxygens (including phenoxy) is 1. The van der Waals surface area contributed by atoms with E-state index < -0.39 is 0 Å². The SMILES string of the molecule is COc1cccc2cc(C3CC3)c(C)nc12. The van der Waals surface area contributed by atoms with Gasteiger partial charge in [-0.15, -0.1) is 0 Å². The Balaban J connectivity index is 2.25. The molecule has 0 bridgehead atoms. The molecule has 0 aliphatic heterocycles. The monoisotopic (exact) mass is 213 g/mol. The number of hydrogen-bond donors (Lipinski definition) is 0. The maximum absolute atomic E-state index is 5.34. The average Bonchev–Trinajstić information content (AvgIpc) is 3.11. The minimum atomic E-state index is 0.753. The second kappa shape index (κ2) is 3.48. The van der Waals surface area contributed by atoms with Crippen molar-refractivity contribution in [1.29, 1.82) is 0 Å². The van der Waals surface area contributed by atoms with E-state index in [2.05, 4.69) is 24.0 Å². The van der Waals surface area contributed by atoms with Crippen LogP contribution in [0.15, 0.2) is 24.3 Å². The normalized spacial score (nSPS) is 15.4. The molecule has 0 radical (unpaired) electrons. The van der Waals surface area contributed by atoms with Crippen molar-refractivity contribution in [3.05, 3.63) is 35.5 Å². The summed E-state index contributed by atoms with van der Waals surface area (Å²) in [5, 5.41) is 1.19. The van der Waals surface area contributed by atoms with Crippen LogP contribution < -0.4 is 4.74 Å². The van der Waals surface area contributed by atoms with Gasteiger partial charge in [-0.1, -0.05) is 12.1 Å². The first kappa shape index (κ1) is 9.64. The number of hydrogen-bond acceptors (Lipinski definition) is 2. The predicted molar refractivity (Wildman–Crippen MR) is 65.0 cm³/mol. The highest BCUT2D eigenvalue weighted by Gasteiger charge is 2.26. The van der Waals surface area contributed by atoms with E-state index in [0.717, 1.165) is 22.9 Å². The van der Waals surface area contributed by atoms with Crippen molar-refractivity contribution in [2.45, 2.75) is 25.7 Å². The van der Waals surface area contributed by atoms with Gasteiger partial charge in [-0.05, 0) is 43.4 Å². The molecule has 0 N–H and O–H groups in total. The number of rotatable bonds is 2. The fourth-order valence-electron chi connectivity index (χ4n) is 2.25. The molecule has 0 unspecified atom stereocenters. The largest absolute Gasteiger partial charge is 0.494 e. The van der Waals surface area contributed by atoms with Crippen LogP contribution in [0.2, 0.25) is 0 Å². The van der Waals surface area contributed by atoms with E-state index in [1.165, 1.54) is 23.8 Å². The van der Waals surface area contributed by atoms with Gasteiger partial charge in [0, 0.05) is 11.1 Å². The van der Waals surface area contributed by atoms with Crippen molar-refractivity contribution in [2.24, 2.45) is 0 Å². The summed E-state index contributed by atoms with van der Waals surface area (Å²) < 4.78 is 5.34. The van der Waals surface area contributed by atoms with Gasteiger partial charge in [0.15, 0.2) is 0 Å². The lowest BCUT2D eigenvalue weighted by atomic mass is 10.1. The lowest BCUT2D eigenvalue weighted by Crippen LogP contribution is -1.94. The van der Waals surface area contributed by atoms with Gasteiger partial charge in [0.2, 0.25) is 0 Å². The minimum absolute atomic E-state index is 0.753. The van der Waals surface area contributed by atoms with Crippen LogP contribution in [0.4, 0.5) is 0 Å². The average molecular weight is 213 g/mol. The van der Waals surface area contributed by atoms with Gasteiger partial charge in [-0.3, -0.25) is 0 Å². The zero-order chi connectivity index (χ0) is 11.1. The molecule has 1 aromatic carbocycles. The Morgan fingerprint density at radius 2 is 2.12 bits per heavy atom. The van der Waals surface area contributed by atoms with Gasteiger partial charge in [0.25, 0.3) is 0 Å². The molecule has 0 saturated heterocycles. The zero-order valence-electron chi connectivity index (χ0n) is 9.66. The Morgan fingerprint density at radius 3 is 2.81 bits per heavy atom. The van der Waals surface area contributed by atoms with Crippen LogP contribution in [-0.4, -0.2) is 12.1 Å². The van der Waals surface area contributed by atoms with E-state index in [1.807, 2.05) is 12.1 Å². The molecule has 82 valence electrons. The second-order valence-electron chi connectivity index (χ2n) is 4.47. The topological polar surface area (TPSA) is 22.1 Å². The van der Waals surface area contributed by atoms with Crippen LogP contribution >= 0.6 is 0 Å². The molecular formula is C14H15NO. The summed E-state index contributed by atoms with van der Waals surface area (Å²) in [5.41, 5.74) is 3.55. The Hall–Kier alpha value is -1.57. The van der Waals surface area contributed by atoms with Gasteiger partial charge < -0.3 is 4.74 Å².